The first kappa shape index (κ1) is 12.3. The molecule has 2 saturated heterocycles. The first-order chi connectivity index (χ1) is 7.88. The molecule has 0 aromatic heterocycles. The number of ether oxygens (including phenoxy) is 1. The second-order valence-corrected chi connectivity index (χ2v) is 5.20. The number of nitrogens with one attached hydrogen (secondary N) is 1. The molecular weight excluding hydrogens is 200 g/mol. The Morgan fingerprint density at radius 1 is 1.25 bits per heavy atom. The van der Waals surface area contributed by atoms with Crippen molar-refractivity contribution in [1.29, 1.82) is 0 Å². The van der Waals surface area contributed by atoms with E-state index in [0.29, 0.717) is 0 Å². The maximum absolute atomic E-state index is 5.39. The molecule has 2 rings (SSSR count). The van der Waals surface area contributed by atoms with E-state index >= 15 is 0 Å². The first-order valence-electron chi connectivity index (χ1n) is 6.92. The highest BCUT2D eigenvalue weighted by atomic mass is 16.5. The van der Waals surface area contributed by atoms with Gasteiger partial charge >= 0.3 is 0 Å². The van der Waals surface area contributed by atoms with Crippen LogP contribution in [0.25, 0.3) is 0 Å². The Bertz CT molecular complexity index is 192. The third-order valence-corrected chi connectivity index (χ3v) is 3.99. The summed E-state index contributed by atoms with van der Waals surface area (Å²) in [7, 11) is 0. The highest BCUT2D eigenvalue weighted by Crippen LogP contribution is 2.15. The summed E-state index contributed by atoms with van der Waals surface area (Å²) >= 11 is 0. The van der Waals surface area contributed by atoms with Gasteiger partial charge in [0, 0.05) is 25.8 Å². The van der Waals surface area contributed by atoms with Crippen molar-refractivity contribution in [3.05, 3.63) is 0 Å². The Labute approximate surface area is 99.5 Å². The van der Waals surface area contributed by atoms with Crippen LogP contribution in [0.1, 0.15) is 32.6 Å². The van der Waals surface area contributed by atoms with Crippen LogP contribution < -0.4 is 5.32 Å². The summed E-state index contributed by atoms with van der Waals surface area (Å²) in [6.45, 7) is 9.16. The summed E-state index contributed by atoms with van der Waals surface area (Å²) in [6.07, 6.45) is 5.22. The smallest absolute Gasteiger partial charge is 0.0469 e. The molecule has 0 aliphatic carbocycles. The molecule has 2 heterocycles. The minimum absolute atomic E-state index is 0.733. The summed E-state index contributed by atoms with van der Waals surface area (Å²) < 4.78 is 5.39. The van der Waals surface area contributed by atoms with E-state index in [1.54, 1.807) is 0 Å². The first-order valence-corrected chi connectivity index (χ1v) is 6.92. The van der Waals surface area contributed by atoms with Crippen molar-refractivity contribution in [2.24, 2.45) is 5.92 Å². The molecule has 1 atom stereocenters. The van der Waals surface area contributed by atoms with Crippen LogP contribution >= 0.6 is 0 Å². The Morgan fingerprint density at radius 2 is 2.06 bits per heavy atom. The molecule has 0 spiro atoms. The summed E-state index contributed by atoms with van der Waals surface area (Å²) in [5.41, 5.74) is 0. The largest absolute Gasteiger partial charge is 0.381 e. The van der Waals surface area contributed by atoms with E-state index in [0.717, 1.165) is 25.2 Å². The fraction of sp³-hybridized carbons (Fsp3) is 1.00. The van der Waals surface area contributed by atoms with E-state index in [2.05, 4.69) is 17.1 Å². The molecule has 0 aromatic rings. The van der Waals surface area contributed by atoms with Crippen molar-refractivity contribution in [2.45, 2.75) is 38.6 Å². The van der Waals surface area contributed by atoms with E-state index in [1.807, 2.05) is 0 Å². The van der Waals surface area contributed by atoms with Gasteiger partial charge in [-0.15, -0.1) is 0 Å². The fourth-order valence-corrected chi connectivity index (χ4v) is 2.79. The van der Waals surface area contributed by atoms with Crippen LogP contribution in [0.15, 0.2) is 0 Å². The van der Waals surface area contributed by atoms with Gasteiger partial charge in [-0.25, -0.2) is 0 Å². The molecule has 3 nitrogen and oxygen atoms in total. The summed E-state index contributed by atoms with van der Waals surface area (Å²) in [6, 6.07) is 0.733. The van der Waals surface area contributed by atoms with Crippen molar-refractivity contribution in [1.82, 2.24) is 10.2 Å². The van der Waals surface area contributed by atoms with Crippen LogP contribution in [-0.4, -0.2) is 50.3 Å². The van der Waals surface area contributed by atoms with E-state index in [4.69, 9.17) is 4.74 Å². The summed E-state index contributed by atoms with van der Waals surface area (Å²) in [5, 5.41) is 3.76. The molecule has 0 aromatic carbocycles. The van der Waals surface area contributed by atoms with Crippen LogP contribution in [0.2, 0.25) is 0 Å². The topological polar surface area (TPSA) is 24.5 Å². The van der Waals surface area contributed by atoms with Gasteiger partial charge in [0.1, 0.15) is 0 Å². The van der Waals surface area contributed by atoms with Crippen molar-refractivity contribution in [3.63, 3.8) is 0 Å². The Morgan fingerprint density at radius 3 is 2.81 bits per heavy atom. The molecule has 1 unspecified atom stereocenters. The SMILES string of the molecule is CCN1CCCC(NCC2CCOCC2)C1. The van der Waals surface area contributed by atoms with Gasteiger partial charge < -0.3 is 15.0 Å². The summed E-state index contributed by atoms with van der Waals surface area (Å²) in [4.78, 5) is 2.56. The lowest BCUT2D eigenvalue weighted by molar-refractivity contribution is 0.0640. The van der Waals surface area contributed by atoms with Crippen molar-refractivity contribution in [3.8, 4) is 0 Å². The van der Waals surface area contributed by atoms with Gasteiger partial charge in [-0.05, 0) is 51.2 Å². The third kappa shape index (κ3) is 3.72. The zero-order valence-electron chi connectivity index (χ0n) is 10.6. The molecule has 2 aliphatic heterocycles. The van der Waals surface area contributed by atoms with Crippen molar-refractivity contribution >= 4 is 0 Å². The van der Waals surface area contributed by atoms with Gasteiger partial charge in [0.2, 0.25) is 0 Å². The van der Waals surface area contributed by atoms with Crippen LogP contribution in [0.3, 0.4) is 0 Å². The molecule has 94 valence electrons. The average Bonchev–Trinajstić information content (AvgIpc) is 2.38. The number of hydrogen-bond acceptors (Lipinski definition) is 3. The van der Waals surface area contributed by atoms with E-state index in [1.165, 1.54) is 51.9 Å². The second kappa shape index (κ2) is 6.58. The number of piperidine rings is 1. The molecule has 1 N–H and O–H groups in total. The Balaban J connectivity index is 1.64. The Hall–Kier alpha value is -0.120. The van der Waals surface area contributed by atoms with Gasteiger partial charge in [-0.2, -0.15) is 0 Å². The maximum Gasteiger partial charge on any atom is 0.0469 e. The van der Waals surface area contributed by atoms with Crippen molar-refractivity contribution < 1.29 is 4.74 Å². The van der Waals surface area contributed by atoms with Crippen LogP contribution in [0.5, 0.6) is 0 Å². The number of likely N-dealkylation sites (N-methyl/N-ethyl adjacent to an activating group) is 1. The molecule has 3 heteroatoms. The van der Waals surface area contributed by atoms with Crippen LogP contribution in [-0.2, 0) is 4.74 Å². The highest BCUT2D eigenvalue weighted by molar-refractivity contribution is 4.79. The predicted molar refractivity (Wildman–Crippen MR) is 66.7 cm³/mol. The molecule has 2 aliphatic rings. The van der Waals surface area contributed by atoms with Crippen LogP contribution in [0.4, 0.5) is 0 Å². The zero-order valence-corrected chi connectivity index (χ0v) is 10.6. The molecule has 16 heavy (non-hydrogen) atoms. The standard InChI is InChI=1S/C13H26N2O/c1-2-15-7-3-4-13(11-15)14-10-12-5-8-16-9-6-12/h12-14H,2-11H2,1H3. The molecule has 0 bridgehead atoms. The van der Waals surface area contributed by atoms with Gasteiger partial charge in [-0.1, -0.05) is 6.92 Å². The maximum atomic E-state index is 5.39. The average molecular weight is 226 g/mol. The van der Waals surface area contributed by atoms with Crippen molar-refractivity contribution in [2.75, 3.05) is 39.4 Å². The molecule has 0 saturated carbocycles. The fourth-order valence-electron chi connectivity index (χ4n) is 2.79. The van der Waals surface area contributed by atoms with Gasteiger partial charge in [-0.3, -0.25) is 0 Å². The lowest BCUT2D eigenvalue weighted by Crippen LogP contribution is -2.47. The molecule has 0 radical (unpaired) electrons. The predicted octanol–water partition coefficient (Wildman–Crippen LogP) is 1.49. The summed E-state index contributed by atoms with van der Waals surface area (Å²) in [5.74, 6) is 0.853. The third-order valence-electron chi connectivity index (χ3n) is 3.99. The van der Waals surface area contributed by atoms with E-state index in [-0.39, 0.29) is 0 Å². The van der Waals surface area contributed by atoms with Gasteiger partial charge in [0.15, 0.2) is 0 Å². The van der Waals surface area contributed by atoms with E-state index in [9.17, 15) is 0 Å². The monoisotopic (exact) mass is 226 g/mol. The number of hydrogen-bond donors (Lipinski definition) is 1. The molecular formula is C13H26N2O. The van der Waals surface area contributed by atoms with Gasteiger partial charge in [0.25, 0.3) is 0 Å². The lowest BCUT2D eigenvalue weighted by Gasteiger charge is -2.33. The number of nitrogens with zero attached hydrogens (tertiary/aromatic N) is 1. The minimum atomic E-state index is 0.733. The molecule has 2 fully saturated rings. The molecule has 0 amide bonds. The number of rotatable bonds is 4. The van der Waals surface area contributed by atoms with E-state index < -0.39 is 0 Å². The Kier molecular flexibility index (Phi) is 5.07. The highest BCUT2D eigenvalue weighted by Gasteiger charge is 2.20. The van der Waals surface area contributed by atoms with Gasteiger partial charge in [0.05, 0.1) is 0 Å². The number of likely N-dealkylation sites (tertiary alicyclic amines) is 1. The minimum Gasteiger partial charge on any atom is -0.381 e. The quantitative estimate of drug-likeness (QED) is 0.786. The van der Waals surface area contributed by atoms with Crippen LogP contribution in [0, 0.1) is 5.92 Å². The second-order valence-electron chi connectivity index (χ2n) is 5.20. The zero-order chi connectivity index (χ0) is 11.2. The normalized spacial score (nSPS) is 29.4. The lowest BCUT2D eigenvalue weighted by atomic mass is 9.99.